The summed E-state index contributed by atoms with van der Waals surface area (Å²) in [7, 11) is 0. The van der Waals surface area contributed by atoms with Crippen molar-refractivity contribution in [1.29, 1.82) is 0 Å². The molecule has 0 saturated carbocycles. The lowest BCUT2D eigenvalue weighted by Crippen LogP contribution is -2.23. The van der Waals surface area contributed by atoms with Crippen LogP contribution in [0.15, 0.2) is 17.8 Å². The summed E-state index contributed by atoms with van der Waals surface area (Å²) in [6, 6.07) is 2.95. The van der Waals surface area contributed by atoms with Crippen molar-refractivity contribution in [2.24, 2.45) is 0 Å². The van der Waals surface area contributed by atoms with Crippen LogP contribution in [-0.2, 0) is 4.79 Å². The number of hydroxylamine groups is 1. The molecule has 0 saturated heterocycles. The quantitative estimate of drug-likeness (QED) is 0.684. The van der Waals surface area contributed by atoms with Gasteiger partial charge in [-0.05, 0) is 12.1 Å². The molecule has 0 aliphatic rings. The van der Waals surface area contributed by atoms with Gasteiger partial charge in [-0.3, -0.25) is 14.9 Å². The van der Waals surface area contributed by atoms with Gasteiger partial charge < -0.3 is 4.84 Å². The van der Waals surface area contributed by atoms with Gasteiger partial charge in [0.05, 0.1) is 9.95 Å². The first-order valence-electron chi connectivity index (χ1n) is 5.07. The van der Waals surface area contributed by atoms with E-state index in [9.17, 15) is 14.9 Å². The monoisotopic (exact) mass is 304 g/mol. The first kappa shape index (κ1) is 15.3. The molecule has 0 bridgehead atoms. The molecular weight excluding hydrogens is 295 g/mol. The molecule has 0 aliphatic heterocycles. The van der Waals surface area contributed by atoms with Crippen LogP contribution < -0.4 is 10.3 Å². The molecule has 0 aliphatic carbocycles. The molecule has 0 unspecified atom stereocenters. The number of hydrogen-bond acceptors (Lipinski definition) is 4. The first-order valence-corrected chi connectivity index (χ1v) is 5.82. The summed E-state index contributed by atoms with van der Waals surface area (Å²) in [5, 5.41) is 10.7. The molecule has 6 nitrogen and oxygen atoms in total. The van der Waals surface area contributed by atoms with Crippen LogP contribution in [0.3, 0.4) is 0 Å². The van der Waals surface area contributed by atoms with Gasteiger partial charge in [-0.15, -0.1) is 0 Å². The van der Waals surface area contributed by atoms with Crippen molar-refractivity contribution < 1.29 is 14.6 Å². The van der Waals surface area contributed by atoms with Crippen molar-refractivity contribution >= 4 is 35.2 Å². The Morgan fingerprint density at radius 3 is 2.53 bits per heavy atom. The summed E-state index contributed by atoms with van der Waals surface area (Å²) in [6.07, 6.45) is 1.29. The summed E-state index contributed by atoms with van der Waals surface area (Å²) in [5.41, 5.74) is 2.41. The lowest BCUT2D eigenvalue weighted by Gasteiger charge is -2.09. The lowest BCUT2D eigenvalue weighted by molar-refractivity contribution is -0.422. The van der Waals surface area contributed by atoms with Crippen LogP contribution in [0, 0.1) is 10.1 Å². The van der Waals surface area contributed by atoms with Crippen molar-refractivity contribution in [2.45, 2.75) is 13.8 Å². The minimum atomic E-state index is -0.536. The zero-order chi connectivity index (χ0) is 14.6. The second-order valence-corrected chi connectivity index (χ2v) is 4.34. The standard InChI is InChI=1S/C11H10Cl2N2O4/c1-6(15(17)18)5-8-3-4-9(11(13)10(8)12)19-14-7(2)16/h3-5H,1-2H3,(H,14,16). The molecule has 0 atom stereocenters. The Kier molecular flexibility index (Phi) is 5.14. The van der Waals surface area contributed by atoms with Gasteiger partial charge in [0.15, 0.2) is 5.75 Å². The summed E-state index contributed by atoms with van der Waals surface area (Å²) in [6.45, 7) is 2.61. The second-order valence-electron chi connectivity index (χ2n) is 3.58. The van der Waals surface area contributed by atoms with E-state index in [0.717, 1.165) is 0 Å². The van der Waals surface area contributed by atoms with E-state index in [1.54, 1.807) is 0 Å². The van der Waals surface area contributed by atoms with E-state index in [4.69, 9.17) is 28.0 Å². The summed E-state index contributed by atoms with van der Waals surface area (Å²) >= 11 is 11.9. The molecule has 1 aromatic rings. The SMILES string of the molecule is CC(=O)NOc1ccc(C=C(C)[N+](=O)[O-])c(Cl)c1Cl. The highest BCUT2D eigenvalue weighted by atomic mass is 35.5. The van der Waals surface area contributed by atoms with Crippen LogP contribution in [0.25, 0.3) is 6.08 Å². The van der Waals surface area contributed by atoms with Gasteiger partial charge >= 0.3 is 0 Å². The maximum absolute atomic E-state index is 10.7. The highest BCUT2D eigenvalue weighted by molar-refractivity contribution is 6.43. The third-order valence-corrected chi connectivity index (χ3v) is 2.91. The predicted octanol–water partition coefficient (Wildman–Crippen LogP) is 3.06. The number of allylic oxidation sites excluding steroid dienone is 1. The summed E-state index contributed by atoms with van der Waals surface area (Å²) < 4.78 is 0. The van der Waals surface area contributed by atoms with Crippen molar-refractivity contribution in [3.63, 3.8) is 0 Å². The summed E-state index contributed by atoms with van der Waals surface area (Å²) in [4.78, 5) is 25.6. The molecule has 102 valence electrons. The van der Waals surface area contributed by atoms with Crippen LogP contribution in [0.5, 0.6) is 5.75 Å². The van der Waals surface area contributed by atoms with Crippen LogP contribution in [-0.4, -0.2) is 10.8 Å². The van der Waals surface area contributed by atoms with Crippen molar-refractivity contribution in [2.75, 3.05) is 0 Å². The smallest absolute Gasteiger partial charge is 0.249 e. The van der Waals surface area contributed by atoms with E-state index in [1.807, 2.05) is 0 Å². The average molecular weight is 305 g/mol. The molecule has 0 radical (unpaired) electrons. The van der Waals surface area contributed by atoms with Crippen LogP contribution in [0.2, 0.25) is 10.0 Å². The first-order chi connectivity index (χ1) is 8.82. The molecule has 1 N–H and O–H groups in total. The zero-order valence-electron chi connectivity index (χ0n) is 10.1. The van der Waals surface area contributed by atoms with Crippen LogP contribution >= 0.6 is 23.2 Å². The van der Waals surface area contributed by atoms with Gasteiger partial charge in [0, 0.05) is 25.5 Å². The maximum Gasteiger partial charge on any atom is 0.249 e. The van der Waals surface area contributed by atoms with Gasteiger partial charge in [-0.25, -0.2) is 0 Å². The van der Waals surface area contributed by atoms with Gasteiger partial charge in [0.25, 0.3) is 0 Å². The Hall–Kier alpha value is -1.79. The van der Waals surface area contributed by atoms with E-state index in [1.165, 1.54) is 32.1 Å². The zero-order valence-corrected chi connectivity index (χ0v) is 11.6. The average Bonchev–Trinajstić information content (AvgIpc) is 2.33. The fourth-order valence-electron chi connectivity index (χ4n) is 1.14. The minimum absolute atomic E-state index is 0.0558. The predicted molar refractivity (Wildman–Crippen MR) is 71.6 cm³/mol. The number of halogens is 2. The van der Waals surface area contributed by atoms with E-state index in [2.05, 4.69) is 5.48 Å². The fraction of sp³-hybridized carbons (Fsp3) is 0.182. The Morgan fingerprint density at radius 2 is 2.00 bits per heavy atom. The molecule has 19 heavy (non-hydrogen) atoms. The number of nitro groups is 1. The number of rotatable bonds is 4. The van der Waals surface area contributed by atoms with Crippen LogP contribution in [0.1, 0.15) is 19.4 Å². The van der Waals surface area contributed by atoms with Gasteiger partial charge in [0.2, 0.25) is 11.6 Å². The van der Waals surface area contributed by atoms with Crippen molar-refractivity contribution in [3.05, 3.63) is 43.6 Å². The van der Waals surface area contributed by atoms with Gasteiger partial charge in [0.1, 0.15) is 5.02 Å². The minimum Gasteiger partial charge on any atom is -0.378 e. The van der Waals surface area contributed by atoms with E-state index in [-0.39, 0.29) is 21.5 Å². The number of carbonyl (C=O) groups excluding carboxylic acids is 1. The molecule has 1 rings (SSSR count). The maximum atomic E-state index is 10.7. The molecule has 0 spiro atoms. The Bertz CT molecular complexity index is 558. The third-order valence-electron chi connectivity index (χ3n) is 2.03. The highest BCUT2D eigenvalue weighted by Gasteiger charge is 2.13. The number of nitrogens with zero attached hydrogens (tertiary/aromatic N) is 1. The fourth-order valence-corrected chi connectivity index (χ4v) is 1.56. The largest absolute Gasteiger partial charge is 0.378 e. The number of benzene rings is 1. The Balaban J connectivity index is 3.07. The number of hydrogen-bond donors (Lipinski definition) is 1. The molecular formula is C11H10Cl2N2O4. The summed E-state index contributed by atoms with van der Waals surface area (Å²) in [5.74, 6) is -0.252. The molecule has 8 heteroatoms. The van der Waals surface area contributed by atoms with Gasteiger partial charge in [-0.2, -0.15) is 5.48 Å². The third kappa shape index (κ3) is 4.11. The van der Waals surface area contributed by atoms with Crippen molar-refractivity contribution in [1.82, 2.24) is 5.48 Å². The number of amides is 1. The molecule has 1 aromatic carbocycles. The molecule has 0 heterocycles. The lowest BCUT2D eigenvalue weighted by atomic mass is 10.2. The van der Waals surface area contributed by atoms with Gasteiger partial charge in [-0.1, -0.05) is 23.2 Å². The second kappa shape index (κ2) is 6.40. The van der Waals surface area contributed by atoms with E-state index >= 15 is 0 Å². The number of nitrogens with one attached hydrogen (secondary N) is 1. The van der Waals surface area contributed by atoms with Crippen molar-refractivity contribution in [3.8, 4) is 5.75 Å². The van der Waals surface area contributed by atoms with E-state index in [0.29, 0.717) is 5.56 Å². The highest BCUT2D eigenvalue weighted by Crippen LogP contribution is 2.35. The molecule has 0 fully saturated rings. The molecule has 1 amide bonds. The number of carbonyl (C=O) groups is 1. The normalized spacial score (nSPS) is 11.1. The van der Waals surface area contributed by atoms with Crippen LogP contribution in [0.4, 0.5) is 0 Å². The Labute approximate surface area is 119 Å². The molecule has 0 aromatic heterocycles. The topological polar surface area (TPSA) is 81.5 Å². The van der Waals surface area contributed by atoms with E-state index < -0.39 is 10.8 Å². The Morgan fingerprint density at radius 1 is 1.37 bits per heavy atom.